The lowest BCUT2D eigenvalue weighted by molar-refractivity contribution is -0.386. The predicted molar refractivity (Wildman–Crippen MR) is 45.9 cm³/mol. The molecule has 1 aliphatic rings. The Kier molecular flexibility index (Phi) is 4.15. The molecule has 0 aromatic carbocycles. The molecule has 130 valence electrons. The van der Waals surface area contributed by atoms with E-state index in [9.17, 15) is 48.3 Å². The summed E-state index contributed by atoms with van der Waals surface area (Å²) in [6.07, 6.45) is 0. The zero-order valence-corrected chi connectivity index (χ0v) is 9.93. The van der Waals surface area contributed by atoms with Crippen molar-refractivity contribution < 1.29 is 58.1 Å². The first-order valence-corrected chi connectivity index (χ1v) is 5.14. The lowest BCUT2D eigenvalue weighted by Crippen LogP contribution is -2.65. The van der Waals surface area contributed by atoms with Gasteiger partial charge in [-0.1, -0.05) is 0 Å². The van der Waals surface area contributed by atoms with E-state index >= 15 is 0 Å². The van der Waals surface area contributed by atoms with E-state index < -0.39 is 54.4 Å². The van der Waals surface area contributed by atoms with Gasteiger partial charge in [-0.25, -0.2) is 4.39 Å². The van der Waals surface area contributed by atoms with E-state index in [-0.39, 0.29) is 0 Å². The highest BCUT2D eigenvalue weighted by Crippen LogP contribution is 2.63. The van der Waals surface area contributed by atoms with Crippen LogP contribution in [0.2, 0.25) is 0 Å². The average molecular weight is 354 g/mol. The zero-order chi connectivity index (χ0) is 17.8. The standard InChI is InChI=1S/C9H5F11O2/c10-3-4(22-2-1-21)6(13,14)8(17,18)9(19,20)7(15,16)5(3,11)12/h21H,1-2H2. The third kappa shape index (κ3) is 1.97. The smallest absolute Gasteiger partial charge is 0.386 e. The quantitative estimate of drug-likeness (QED) is 0.788. The van der Waals surface area contributed by atoms with Gasteiger partial charge in [-0.3, -0.25) is 0 Å². The molecule has 0 aliphatic heterocycles. The summed E-state index contributed by atoms with van der Waals surface area (Å²) in [6.45, 7) is -2.82. The minimum Gasteiger partial charge on any atom is -0.486 e. The van der Waals surface area contributed by atoms with Crippen LogP contribution in [-0.2, 0) is 4.74 Å². The molecule has 0 heterocycles. The van der Waals surface area contributed by atoms with Gasteiger partial charge in [0, 0.05) is 0 Å². The van der Waals surface area contributed by atoms with Crippen molar-refractivity contribution in [3.8, 4) is 0 Å². The molecule has 2 nitrogen and oxygen atoms in total. The minimum absolute atomic E-state index is 1.31. The Morgan fingerprint density at radius 2 is 1.14 bits per heavy atom. The molecule has 13 heteroatoms. The maximum atomic E-state index is 13.3. The largest absolute Gasteiger partial charge is 0.486 e. The number of allylic oxidation sites excluding steroid dienone is 2. The van der Waals surface area contributed by atoms with Crippen LogP contribution in [0.15, 0.2) is 11.6 Å². The molecule has 0 saturated carbocycles. The van der Waals surface area contributed by atoms with Crippen molar-refractivity contribution in [3.05, 3.63) is 11.6 Å². The highest BCUT2D eigenvalue weighted by Gasteiger charge is 2.91. The van der Waals surface area contributed by atoms with Crippen molar-refractivity contribution in [1.29, 1.82) is 0 Å². The van der Waals surface area contributed by atoms with Gasteiger partial charge < -0.3 is 9.84 Å². The molecule has 0 amide bonds. The number of aliphatic hydroxyl groups excluding tert-OH is 1. The summed E-state index contributed by atoms with van der Waals surface area (Å²) in [5.41, 5.74) is 0. The Bertz CT molecular complexity index is 482. The van der Waals surface area contributed by atoms with Crippen LogP contribution < -0.4 is 0 Å². The third-order valence-electron chi connectivity index (χ3n) is 2.68. The van der Waals surface area contributed by atoms with Gasteiger partial charge in [0.25, 0.3) is 0 Å². The molecule has 1 N–H and O–H groups in total. The van der Waals surface area contributed by atoms with Crippen molar-refractivity contribution in [2.45, 2.75) is 29.6 Å². The van der Waals surface area contributed by atoms with Crippen LogP contribution in [0.5, 0.6) is 0 Å². The van der Waals surface area contributed by atoms with Crippen LogP contribution in [0.25, 0.3) is 0 Å². The molecular formula is C9H5F11O2. The van der Waals surface area contributed by atoms with Crippen molar-refractivity contribution in [1.82, 2.24) is 0 Å². The highest BCUT2D eigenvalue weighted by molar-refractivity contribution is 5.31. The Labute approximate surface area is 114 Å². The molecule has 0 spiro atoms. The Morgan fingerprint density at radius 3 is 1.55 bits per heavy atom. The fraction of sp³-hybridized carbons (Fsp3) is 0.778. The molecule has 0 radical (unpaired) electrons. The molecular weight excluding hydrogens is 349 g/mol. The number of alkyl halides is 10. The summed E-state index contributed by atoms with van der Waals surface area (Å²) in [4.78, 5) is 0. The first-order chi connectivity index (χ1) is 9.60. The second kappa shape index (κ2) is 4.86. The maximum Gasteiger partial charge on any atom is 0.386 e. The van der Waals surface area contributed by atoms with Crippen LogP contribution in [-0.4, -0.2) is 47.9 Å². The second-order valence-electron chi connectivity index (χ2n) is 4.09. The SMILES string of the molecule is OCCOC1=C(F)C(F)(F)C(F)(F)C(F)(F)C(F)(F)C1(F)F. The lowest BCUT2D eigenvalue weighted by Gasteiger charge is -2.35. The van der Waals surface area contributed by atoms with Crippen LogP contribution in [0.3, 0.4) is 0 Å². The summed E-state index contributed by atoms with van der Waals surface area (Å²) in [5.74, 6) is -42.2. The van der Waals surface area contributed by atoms with Gasteiger partial charge in [-0.05, 0) is 0 Å². The number of ether oxygens (including phenoxy) is 1. The molecule has 0 atom stereocenters. The average Bonchev–Trinajstić information content (AvgIpc) is 2.37. The number of hydrogen-bond acceptors (Lipinski definition) is 2. The van der Waals surface area contributed by atoms with Gasteiger partial charge in [0.05, 0.1) is 6.61 Å². The van der Waals surface area contributed by atoms with E-state index in [4.69, 9.17) is 5.11 Å². The van der Waals surface area contributed by atoms with Crippen LogP contribution >= 0.6 is 0 Å². The van der Waals surface area contributed by atoms with E-state index in [1.54, 1.807) is 0 Å². The highest BCUT2D eigenvalue weighted by atomic mass is 19.4. The van der Waals surface area contributed by atoms with E-state index in [0.29, 0.717) is 0 Å². The molecule has 0 fully saturated rings. The topological polar surface area (TPSA) is 29.5 Å². The Hall–Kier alpha value is -1.27. The van der Waals surface area contributed by atoms with Crippen LogP contribution in [0, 0.1) is 0 Å². The molecule has 1 aliphatic carbocycles. The molecule has 0 bridgehead atoms. The molecule has 1 rings (SSSR count). The third-order valence-corrected chi connectivity index (χ3v) is 2.68. The second-order valence-corrected chi connectivity index (χ2v) is 4.09. The molecule has 22 heavy (non-hydrogen) atoms. The summed E-state index contributed by atoms with van der Waals surface area (Å²) in [6, 6.07) is 0. The van der Waals surface area contributed by atoms with Gasteiger partial charge >= 0.3 is 29.6 Å². The summed E-state index contributed by atoms with van der Waals surface area (Å²) >= 11 is 0. The lowest BCUT2D eigenvalue weighted by atomic mass is 9.98. The predicted octanol–water partition coefficient (Wildman–Crippen LogP) is 3.37. The Morgan fingerprint density at radius 1 is 0.727 bits per heavy atom. The summed E-state index contributed by atoms with van der Waals surface area (Å²) in [5, 5.41) is 8.20. The van der Waals surface area contributed by atoms with Gasteiger partial charge in [0.2, 0.25) is 11.6 Å². The van der Waals surface area contributed by atoms with Crippen LogP contribution in [0.1, 0.15) is 0 Å². The van der Waals surface area contributed by atoms with E-state index in [1.807, 2.05) is 0 Å². The molecule has 0 unspecified atom stereocenters. The minimum atomic E-state index is -7.31. The van der Waals surface area contributed by atoms with Crippen LogP contribution in [0.4, 0.5) is 48.3 Å². The maximum absolute atomic E-state index is 13.3. The zero-order valence-electron chi connectivity index (χ0n) is 9.93. The van der Waals surface area contributed by atoms with Gasteiger partial charge in [0.15, 0.2) is 0 Å². The molecule has 0 aromatic rings. The van der Waals surface area contributed by atoms with Gasteiger partial charge in [0.1, 0.15) is 6.61 Å². The van der Waals surface area contributed by atoms with E-state index in [1.165, 1.54) is 0 Å². The summed E-state index contributed by atoms with van der Waals surface area (Å²) < 4.78 is 147. The first kappa shape index (κ1) is 18.8. The number of hydrogen-bond donors (Lipinski definition) is 1. The fourth-order valence-corrected chi connectivity index (χ4v) is 1.45. The number of rotatable bonds is 3. The van der Waals surface area contributed by atoms with Gasteiger partial charge in [-0.2, -0.15) is 43.9 Å². The van der Waals surface area contributed by atoms with E-state index in [2.05, 4.69) is 4.74 Å². The normalized spacial score (nSPS) is 28.2. The van der Waals surface area contributed by atoms with Gasteiger partial charge in [-0.15, -0.1) is 0 Å². The fourth-order valence-electron chi connectivity index (χ4n) is 1.45. The Balaban J connectivity index is 3.77. The van der Waals surface area contributed by atoms with E-state index in [0.717, 1.165) is 0 Å². The first-order valence-electron chi connectivity index (χ1n) is 5.14. The van der Waals surface area contributed by atoms with Crippen molar-refractivity contribution in [3.63, 3.8) is 0 Å². The summed E-state index contributed by atoms with van der Waals surface area (Å²) in [7, 11) is 0. The molecule has 0 saturated heterocycles. The van der Waals surface area contributed by atoms with Crippen molar-refractivity contribution >= 4 is 0 Å². The number of aliphatic hydroxyl groups is 1. The number of halogens is 11. The van der Waals surface area contributed by atoms with Crippen molar-refractivity contribution in [2.75, 3.05) is 13.2 Å². The molecule has 0 aromatic heterocycles. The van der Waals surface area contributed by atoms with Crippen molar-refractivity contribution in [2.24, 2.45) is 0 Å². The monoisotopic (exact) mass is 354 g/mol.